The van der Waals surface area contributed by atoms with Gasteiger partial charge in [-0.15, -0.1) is 11.6 Å². The number of sulfonamides is 1. The van der Waals surface area contributed by atoms with E-state index in [0.717, 1.165) is 6.92 Å². The highest BCUT2D eigenvalue weighted by Gasteiger charge is 2.45. The average Bonchev–Trinajstić information content (AvgIpc) is 2.37. The average molecular weight is 333 g/mol. The van der Waals surface area contributed by atoms with Crippen LogP contribution in [0.4, 0.5) is 0 Å². The van der Waals surface area contributed by atoms with E-state index in [-0.39, 0.29) is 0 Å². The molecule has 0 radical (unpaired) electrons. The van der Waals surface area contributed by atoms with E-state index < -0.39 is 58.3 Å². The lowest BCUT2D eigenvalue weighted by atomic mass is 9.96. The van der Waals surface area contributed by atoms with Crippen molar-refractivity contribution in [3.63, 3.8) is 0 Å². The molecule has 20 heavy (non-hydrogen) atoms. The third kappa shape index (κ3) is 4.25. The summed E-state index contributed by atoms with van der Waals surface area (Å²) >= 11 is 5.25. The Morgan fingerprint density at radius 1 is 1.35 bits per heavy atom. The molecule has 1 heterocycles. The first kappa shape index (κ1) is 17.6. The van der Waals surface area contributed by atoms with Crippen LogP contribution in [0.1, 0.15) is 6.92 Å². The summed E-state index contributed by atoms with van der Waals surface area (Å²) in [5.74, 6) is -0.553. The van der Waals surface area contributed by atoms with E-state index >= 15 is 0 Å². The third-order valence-electron chi connectivity index (χ3n) is 2.74. The second-order valence-corrected chi connectivity index (χ2v) is 6.66. The molecule has 0 bridgehead atoms. The molecule has 118 valence electrons. The fourth-order valence-electron chi connectivity index (χ4n) is 1.82. The minimum atomic E-state index is -3.90. The molecule has 0 aromatic heterocycles. The minimum absolute atomic E-state index is 0.553. The van der Waals surface area contributed by atoms with Crippen LogP contribution in [0.15, 0.2) is 0 Å². The minimum Gasteiger partial charge on any atom is -0.394 e. The molecule has 1 saturated heterocycles. The second-order valence-electron chi connectivity index (χ2n) is 4.33. The zero-order chi connectivity index (χ0) is 15.5. The number of hydrogen-bond donors (Lipinski definition) is 5. The fraction of sp³-hybridized carbons (Fsp3) is 0.889. The number of aliphatic hydroxyl groups excluding tert-OH is 3. The molecule has 5 N–H and O–H groups in total. The lowest BCUT2D eigenvalue weighted by Crippen LogP contribution is -2.68. The van der Waals surface area contributed by atoms with E-state index in [9.17, 15) is 23.4 Å². The van der Waals surface area contributed by atoms with Crippen LogP contribution in [-0.4, -0.2) is 72.0 Å². The van der Waals surface area contributed by atoms with Crippen molar-refractivity contribution in [2.75, 3.05) is 11.8 Å². The predicted octanol–water partition coefficient (Wildman–Crippen LogP) is -2.95. The molecular formula is C9H17ClN2O7S. The monoisotopic (exact) mass is 332 g/mol. The number of rotatable bonds is 5. The molecule has 1 fully saturated rings. The Labute approximate surface area is 120 Å². The first-order valence-corrected chi connectivity index (χ1v) is 7.86. The molecular weight excluding hydrogens is 316 g/mol. The number of carbonyl (C=O) groups excluding carboxylic acids is 1. The summed E-state index contributed by atoms with van der Waals surface area (Å²) < 4.78 is 30.1. The van der Waals surface area contributed by atoms with Gasteiger partial charge in [-0.05, 0) is 0 Å². The predicted molar refractivity (Wildman–Crippen MR) is 68.1 cm³/mol. The maximum Gasteiger partial charge on any atom is 0.227 e. The molecule has 0 saturated carbocycles. The first-order valence-electron chi connectivity index (χ1n) is 5.67. The topological polar surface area (TPSA) is 145 Å². The van der Waals surface area contributed by atoms with Gasteiger partial charge in [-0.25, -0.2) is 8.42 Å². The van der Waals surface area contributed by atoms with Crippen LogP contribution in [0.25, 0.3) is 0 Å². The molecule has 11 heteroatoms. The van der Waals surface area contributed by atoms with Crippen LogP contribution in [0.5, 0.6) is 0 Å². The highest BCUT2D eigenvalue weighted by Crippen LogP contribution is 2.20. The van der Waals surface area contributed by atoms with Crippen LogP contribution in [0.3, 0.4) is 0 Å². The fourth-order valence-corrected chi connectivity index (χ4v) is 2.63. The van der Waals surface area contributed by atoms with Crippen molar-refractivity contribution < 1.29 is 33.3 Å². The summed E-state index contributed by atoms with van der Waals surface area (Å²) in [4.78, 5) is 11.1. The van der Waals surface area contributed by atoms with Crippen molar-refractivity contribution in [1.29, 1.82) is 0 Å². The van der Waals surface area contributed by atoms with E-state index in [2.05, 4.69) is 5.32 Å². The summed E-state index contributed by atoms with van der Waals surface area (Å²) in [5.41, 5.74) is 0. The van der Waals surface area contributed by atoms with Crippen LogP contribution in [0, 0.1) is 0 Å². The molecule has 0 aromatic rings. The number of hydrogen-bond acceptors (Lipinski definition) is 7. The normalized spacial score (nSPS) is 34.8. The van der Waals surface area contributed by atoms with Gasteiger partial charge in [0.1, 0.15) is 29.8 Å². The molecule has 1 rings (SSSR count). The van der Waals surface area contributed by atoms with Gasteiger partial charge in [0.15, 0.2) is 0 Å². The van der Waals surface area contributed by atoms with Crippen LogP contribution >= 0.6 is 11.6 Å². The summed E-state index contributed by atoms with van der Waals surface area (Å²) in [7, 11) is -3.90. The summed E-state index contributed by atoms with van der Waals surface area (Å²) in [5, 5.41) is 30.2. The van der Waals surface area contributed by atoms with E-state index in [1.807, 2.05) is 4.72 Å². The third-order valence-corrected chi connectivity index (χ3v) is 4.48. The smallest absolute Gasteiger partial charge is 0.227 e. The Morgan fingerprint density at radius 2 is 1.95 bits per heavy atom. The zero-order valence-corrected chi connectivity index (χ0v) is 12.1. The largest absolute Gasteiger partial charge is 0.394 e. The van der Waals surface area contributed by atoms with Gasteiger partial charge in [0, 0.05) is 6.92 Å². The lowest BCUT2D eigenvalue weighted by molar-refractivity contribution is -0.197. The van der Waals surface area contributed by atoms with E-state index in [4.69, 9.17) is 21.4 Å². The summed E-state index contributed by atoms with van der Waals surface area (Å²) in [6.45, 7) is 0.522. The molecule has 1 aliphatic heterocycles. The van der Waals surface area contributed by atoms with Crippen molar-refractivity contribution in [3.8, 4) is 0 Å². The molecule has 1 aliphatic rings. The van der Waals surface area contributed by atoms with Gasteiger partial charge in [-0.3, -0.25) is 4.79 Å². The highest BCUT2D eigenvalue weighted by atomic mass is 35.5. The quantitative estimate of drug-likeness (QED) is 0.338. The van der Waals surface area contributed by atoms with Crippen molar-refractivity contribution >= 4 is 27.5 Å². The standard InChI is InChI=1S/C9H17ClN2O7S/c1-4(14)11-6-8(16)7(15)5(2-13)19-9(6)12-20(17,18)3-10/h5-9,12-13,15-16H,2-3H2,1H3,(H,11,14)/t5-,6-,7-,8-,9-/m1/s1. The Bertz CT molecular complexity index is 446. The van der Waals surface area contributed by atoms with Gasteiger partial charge < -0.3 is 25.4 Å². The maximum atomic E-state index is 11.4. The van der Waals surface area contributed by atoms with E-state index in [1.165, 1.54) is 0 Å². The number of carbonyl (C=O) groups is 1. The van der Waals surface area contributed by atoms with Crippen molar-refractivity contribution in [2.45, 2.75) is 37.5 Å². The lowest BCUT2D eigenvalue weighted by Gasteiger charge is -2.42. The Morgan fingerprint density at radius 3 is 2.40 bits per heavy atom. The van der Waals surface area contributed by atoms with Crippen LogP contribution in [0.2, 0.25) is 0 Å². The van der Waals surface area contributed by atoms with Gasteiger partial charge in [-0.1, -0.05) is 0 Å². The number of alkyl halides is 1. The van der Waals surface area contributed by atoms with Crippen molar-refractivity contribution in [1.82, 2.24) is 10.0 Å². The van der Waals surface area contributed by atoms with Gasteiger partial charge in [0.25, 0.3) is 0 Å². The van der Waals surface area contributed by atoms with Crippen LogP contribution in [-0.2, 0) is 19.6 Å². The van der Waals surface area contributed by atoms with E-state index in [0.29, 0.717) is 0 Å². The highest BCUT2D eigenvalue weighted by molar-refractivity contribution is 7.90. The molecule has 0 aliphatic carbocycles. The molecule has 9 nitrogen and oxygen atoms in total. The number of aliphatic hydroxyl groups is 3. The number of halogens is 1. The maximum absolute atomic E-state index is 11.4. The molecule has 1 amide bonds. The molecule has 5 atom stereocenters. The summed E-state index contributed by atoms with van der Waals surface area (Å²) in [6, 6.07) is -1.22. The van der Waals surface area contributed by atoms with Crippen molar-refractivity contribution in [3.05, 3.63) is 0 Å². The molecule has 0 aromatic carbocycles. The zero-order valence-electron chi connectivity index (χ0n) is 10.6. The van der Waals surface area contributed by atoms with Gasteiger partial charge in [0.2, 0.25) is 15.9 Å². The first-order chi connectivity index (χ1) is 9.21. The Balaban J connectivity index is 2.97. The Kier molecular flexibility index (Phi) is 6.13. The van der Waals surface area contributed by atoms with Gasteiger partial charge >= 0.3 is 0 Å². The van der Waals surface area contributed by atoms with Crippen LogP contribution < -0.4 is 10.0 Å². The number of ether oxygens (including phenoxy) is 1. The van der Waals surface area contributed by atoms with E-state index in [1.54, 1.807) is 0 Å². The molecule has 0 spiro atoms. The SMILES string of the molecule is CC(=O)N[C@@H]1[C@@H](O)[C@H](O)[C@@H](CO)O[C@H]1NS(=O)(=O)CCl. The van der Waals surface area contributed by atoms with Crippen molar-refractivity contribution in [2.24, 2.45) is 0 Å². The second kappa shape index (κ2) is 6.98. The number of amides is 1. The Hall–Kier alpha value is -0.490. The molecule has 0 unspecified atom stereocenters. The summed E-state index contributed by atoms with van der Waals surface area (Å²) in [6.07, 6.45) is -5.56. The number of nitrogens with one attached hydrogen (secondary N) is 2. The van der Waals surface area contributed by atoms with Gasteiger partial charge in [-0.2, -0.15) is 4.72 Å². The van der Waals surface area contributed by atoms with Gasteiger partial charge in [0.05, 0.1) is 12.6 Å².